The van der Waals surface area contributed by atoms with E-state index >= 15 is 0 Å². The van der Waals surface area contributed by atoms with Gasteiger partial charge in [0.15, 0.2) is 6.04 Å². The number of quaternary nitrogens is 1. The van der Waals surface area contributed by atoms with Gasteiger partial charge in [-0.25, -0.2) is 0 Å². The zero-order valence-electron chi connectivity index (χ0n) is 30.9. The van der Waals surface area contributed by atoms with Crippen LogP contribution in [0.15, 0.2) is 0 Å². The molecular weight excluding hydrogens is 576 g/mol. The van der Waals surface area contributed by atoms with Crippen molar-refractivity contribution in [1.29, 1.82) is 0 Å². The van der Waals surface area contributed by atoms with E-state index in [1.54, 1.807) is 11.8 Å². The number of unbranched alkanes of at least 4 members (excludes halogenated alkanes) is 24. The summed E-state index contributed by atoms with van der Waals surface area (Å²) in [5.41, 5.74) is 3.84. The number of carbonyl (C=O) groups excluding carboxylic acids is 3. The van der Waals surface area contributed by atoms with Crippen molar-refractivity contribution in [3.05, 3.63) is 0 Å². The Balaban J connectivity index is 3.82. The second-order valence-electron chi connectivity index (χ2n) is 13.7. The molecule has 3 N–H and O–H groups in total. The zero-order chi connectivity index (χ0) is 33.9. The summed E-state index contributed by atoms with van der Waals surface area (Å²) >= 11 is 0. The van der Waals surface area contributed by atoms with Gasteiger partial charge in [-0.1, -0.05) is 168 Å². The van der Waals surface area contributed by atoms with Crippen LogP contribution in [0.3, 0.4) is 0 Å². The number of hydrogen-bond donors (Lipinski definition) is 1. The normalized spacial score (nSPS) is 11.8. The third-order valence-electron chi connectivity index (χ3n) is 8.95. The third kappa shape index (κ3) is 31.0. The first-order valence-electron chi connectivity index (χ1n) is 19.8. The quantitative estimate of drug-likeness (QED) is 0.0542. The summed E-state index contributed by atoms with van der Waals surface area (Å²) < 4.78 is 10.8. The summed E-state index contributed by atoms with van der Waals surface area (Å²) in [6, 6.07) is -0.414. The summed E-state index contributed by atoms with van der Waals surface area (Å²) in [6.07, 6.45) is 33.9. The van der Waals surface area contributed by atoms with Gasteiger partial charge in [-0.3, -0.25) is 14.4 Å². The molecule has 0 heterocycles. The SMILES string of the molecule is CCCCCCCCCCCCCCCC(=O)OCCN(CCOC(=O)CCCCCCCCCCCCCCC)C(=O)C(C)[NH3+]. The monoisotopic (exact) mass is 654 g/mol. The minimum absolute atomic E-state index is 0.125. The molecule has 0 aliphatic rings. The number of rotatable bonds is 35. The highest BCUT2D eigenvalue weighted by molar-refractivity contribution is 5.80. The average Bonchev–Trinajstić information content (AvgIpc) is 3.04. The molecule has 0 aromatic heterocycles. The van der Waals surface area contributed by atoms with E-state index in [4.69, 9.17) is 9.47 Å². The van der Waals surface area contributed by atoms with E-state index in [1.165, 1.54) is 141 Å². The fourth-order valence-corrected chi connectivity index (χ4v) is 5.90. The lowest BCUT2D eigenvalue weighted by atomic mass is 10.0. The topological polar surface area (TPSA) is 101 Å². The van der Waals surface area contributed by atoms with Crippen LogP contribution in [0.25, 0.3) is 0 Å². The van der Waals surface area contributed by atoms with Gasteiger partial charge in [0.1, 0.15) is 13.2 Å². The van der Waals surface area contributed by atoms with Crippen LogP contribution in [0.4, 0.5) is 0 Å². The van der Waals surface area contributed by atoms with Gasteiger partial charge in [-0.15, -0.1) is 0 Å². The molecule has 7 nitrogen and oxygen atoms in total. The molecule has 272 valence electrons. The van der Waals surface area contributed by atoms with Crippen LogP contribution in [-0.4, -0.2) is 55.1 Å². The Labute approximate surface area is 284 Å². The lowest BCUT2D eigenvalue weighted by Crippen LogP contribution is -2.66. The standard InChI is InChI=1S/C39H76N2O5/c1-4-6-8-10-12-14-16-18-20-22-24-26-28-30-37(42)45-34-32-41(39(44)36(3)40)33-35-46-38(43)31-29-27-25-23-21-19-17-15-13-11-9-7-5-2/h36H,4-35,40H2,1-3H3/p+1. The summed E-state index contributed by atoms with van der Waals surface area (Å²) in [7, 11) is 0. The number of nitrogens with zero attached hydrogens (tertiary/aromatic N) is 1. The van der Waals surface area contributed by atoms with Gasteiger partial charge in [0, 0.05) is 12.8 Å². The van der Waals surface area contributed by atoms with Crippen LogP contribution in [-0.2, 0) is 23.9 Å². The molecule has 0 rings (SSSR count). The number of esters is 2. The molecular formula is C39H77N2O5+. The second kappa shape index (κ2) is 34.7. The van der Waals surface area contributed by atoms with E-state index in [1.807, 2.05) is 0 Å². The van der Waals surface area contributed by atoms with Crippen LogP contribution in [0.5, 0.6) is 0 Å². The number of amides is 1. The van der Waals surface area contributed by atoms with Gasteiger partial charge in [-0.05, 0) is 19.8 Å². The van der Waals surface area contributed by atoms with Gasteiger partial charge in [-0.2, -0.15) is 0 Å². The highest BCUT2D eigenvalue weighted by atomic mass is 16.5. The third-order valence-corrected chi connectivity index (χ3v) is 8.95. The molecule has 0 aliphatic carbocycles. The lowest BCUT2D eigenvalue weighted by Gasteiger charge is -2.23. The van der Waals surface area contributed by atoms with Crippen molar-refractivity contribution in [2.75, 3.05) is 26.3 Å². The van der Waals surface area contributed by atoms with Crippen LogP contribution in [0, 0.1) is 0 Å². The van der Waals surface area contributed by atoms with Gasteiger partial charge in [0.05, 0.1) is 13.1 Å². The maximum absolute atomic E-state index is 12.6. The van der Waals surface area contributed by atoms with Gasteiger partial charge in [0.25, 0.3) is 5.91 Å². The van der Waals surface area contributed by atoms with Gasteiger partial charge in [0.2, 0.25) is 0 Å². The maximum Gasteiger partial charge on any atom is 0.305 e. The Kier molecular flexibility index (Phi) is 33.5. The first-order valence-corrected chi connectivity index (χ1v) is 19.8. The Morgan fingerprint density at radius 1 is 0.478 bits per heavy atom. The van der Waals surface area contributed by atoms with E-state index in [0.29, 0.717) is 25.9 Å². The fraction of sp³-hybridized carbons (Fsp3) is 0.923. The number of hydrogen-bond acceptors (Lipinski definition) is 5. The summed E-state index contributed by atoms with van der Waals surface area (Å²) in [4.78, 5) is 38.6. The Hall–Kier alpha value is -1.63. The molecule has 0 saturated carbocycles. The predicted molar refractivity (Wildman–Crippen MR) is 191 cm³/mol. The van der Waals surface area contributed by atoms with E-state index in [-0.39, 0.29) is 31.1 Å². The molecule has 0 spiro atoms. The highest BCUT2D eigenvalue weighted by Crippen LogP contribution is 2.14. The second-order valence-corrected chi connectivity index (χ2v) is 13.7. The molecule has 1 unspecified atom stereocenters. The largest absolute Gasteiger partial charge is 0.464 e. The minimum atomic E-state index is -0.414. The predicted octanol–water partition coefficient (Wildman–Crippen LogP) is 9.49. The molecule has 1 amide bonds. The Bertz CT molecular complexity index is 652. The van der Waals surface area contributed by atoms with Crippen molar-refractivity contribution in [3.63, 3.8) is 0 Å². The van der Waals surface area contributed by atoms with Crippen LogP contribution >= 0.6 is 0 Å². The molecule has 0 aliphatic heterocycles. The molecule has 0 aromatic rings. The Morgan fingerprint density at radius 2 is 0.739 bits per heavy atom. The summed E-state index contributed by atoms with van der Waals surface area (Å²) in [6.45, 7) is 7.16. The zero-order valence-corrected chi connectivity index (χ0v) is 30.9. The molecule has 0 saturated heterocycles. The van der Waals surface area contributed by atoms with Crippen molar-refractivity contribution in [2.24, 2.45) is 0 Å². The minimum Gasteiger partial charge on any atom is -0.464 e. The first kappa shape index (κ1) is 44.4. The molecule has 1 atom stereocenters. The number of ether oxygens (including phenoxy) is 2. The van der Waals surface area contributed by atoms with E-state index in [9.17, 15) is 14.4 Å². The highest BCUT2D eigenvalue weighted by Gasteiger charge is 2.20. The van der Waals surface area contributed by atoms with Crippen molar-refractivity contribution in [1.82, 2.24) is 4.90 Å². The fourth-order valence-electron chi connectivity index (χ4n) is 5.90. The number of carbonyl (C=O) groups is 3. The molecule has 46 heavy (non-hydrogen) atoms. The summed E-state index contributed by atoms with van der Waals surface area (Å²) in [5.74, 6) is -0.537. The first-order chi connectivity index (χ1) is 22.4. The van der Waals surface area contributed by atoms with Gasteiger partial charge < -0.3 is 20.1 Å². The van der Waals surface area contributed by atoms with E-state index in [2.05, 4.69) is 19.6 Å². The molecule has 0 aromatic carbocycles. The van der Waals surface area contributed by atoms with Crippen molar-refractivity contribution in [2.45, 2.75) is 207 Å². The van der Waals surface area contributed by atoms with Crippen LogP contribution < -0.4 is 5.73 Å². The van der Waals surface area contributed by atoms with Crippen molar-refractivity contribution in [3.8, 4) is 0 Å². The molecule has 0 bridgehead atoms. The lowest BCUT2D eigenvalue weighted by molar-refractivity contribution is -0.400. The maximum atomic E-state index is 12.6. The molecule has 0 radical (unpaired) electrons. The van der Waals surface area contributed by atoms with E-state index in [0.717, 1.165) is 25.7 Å². The molecule has 0 fully saturated rings. The molecule has 7 heteroatoms. The van der Waals surface area contributed by atoms with Crippen molar-refractivity contribution >= 4 is 17.8 Å². The average molecular weight is 654 g/mol. The smallest absolute Gasteiger partial charge is 0.305 e. The Morgan fingerprint density at radius 3 is 1.00 bits per heavy atom. The summed E-state index contributed by atoms with van der Waals surface area (Å²) in [5, 5.41) is 0. The van der Waals surface area contributed by atoms with Crippen molar-refractivity contribution < 1.29 is 29.6 Å². The van der Waals surface area contributed by atoms with Gasteiger partial charge >= 0.3 is 11.9 Å². The van der Waals surface area contributed by atoms with Crippen LogP contribution in [0.1, 0.15) is 201 Å². The van der Waals surface area contributed by atoms with Crippen LogP contribution in [0.2, 0.25) is 0 Å². The van der Waals surface area contributed by atoms with E-state index < -0.39 is 6.04 Å².